The van der Waals surface area contributed by atoms with Crippen LogP contribution < -0.4 is 0 Å². The summed E-state index contributed by atoms with van der Waals surface area (Å²) in [5.41, 5.74) is 0. The van der Waals surface area contributed by atoms with E-state index in [0.29, 0.717) is 0 Å². The summed E-state index contributed by atoms with van der Waals surface area (Å²) in [5.74, 6) is 3.58. The number of hydrogen-bond acceptors (Lipinski definition) is 3. The Morgan fingerprint density at radius 1 is 0.769 bits per heavy atom. The maximum Gasteiger partial charge on any atom is 0.0223 e. The van der Waals surface area contributed by atoms with E-state index in [0.717, 1.165) is 48.9 Å². The van der Waals surface area contributed by atoms with Gasteiger partial charge in [0.05, 0.1) is 0 Å². The monoisotopic (exact) mass is 262 g/mol. The number of hydrogen-bond donors (Lipinski definition) is 0. The van der Waals surface area contributed by atoms with Gasteiger partial charge in [-0.15, -0.1) is 23.2 Å². The maximum absolute atomic E-state index is 5.53. The first kappa shape index (κ1) is 14.2. The Morgan fingerprint density at radius 3 is 1.62 bits per heavy atom. The van der Waals surface area contributed by atoms with Crippen molar-refractivity contribution in [3.8, 4) is 0 Å². The van der Waals surface area contributed by atoms with E-state index in [2.05, 4.69) is 0 Å². The molecule has 0 aromatic heterocycles. The van der Waals surface area contributed by atoms with Crippen molar-refractivity contribution in [1.82, 2.24) is 0 Å². The van der Waals surface area contributed by atoms with Crippen molar-refractivity contribution in [2.24, 2.45) is 0 Å². The zero-order chi connectivity index (χ0) is 9.78. The molecule has 1 nitrogen and oxygen atoms in total. The van der Waals surface area contributed by atoms with Crippen LogP contribution in [-0.2, 0) is 3.63 Å². The molecule has 0 N–H and O–H groups in total. The minimum absolute atomic E-state index is 0.753. The SMILES string of the molecule is ClCCCCSOSCCCCCl. The highest BCUT2D eigenvalue weighted by Crippen LogP contribution is 2.17. The number of halogens is 2. The van der Waals surface area contributed by atoms with Crippen molar-refractivity contribution >= 4 is 47.3 Å². The van der Waals surface area contributed by atoms with E-state index in [1.54, 1.807) is 0 Å². The molecule has 0 heterocycles. The second-order valence-electron chi connectivity index (χ2n) is 2.50. The fourth-order valence-electron chi connectivity index (χ4n) is 0.613. The summed E-state index contributed by atoms with van der Waals surface area (Å²) in [4.78, 5) is 0. The summed E-state index contributed by atoms with van der Waals surface area (Å²) in [6.45, 7) is 0. The van der Waals surface area contributed by atoms with Crippen LogP contribution >= 0.6 is 47.3 Å². The van der Waals surface area contributed by atoms with Gasteiger partial charge in [0, 0.05) is 47.4 Å². The Kier molecular flexibility index (Phi) is 14.5. The Balaban J connectivity index is 2.76. The summed E-state index contributed by atoms with van der Waals surface area (Å²) >= 11 is 14.1. The maximum atomic E-state index is 5.53. The van der Waals surface area contributed by atoms with Crippen molar-refractivity contribution in [1.29, 1.82) is 0 Å². The second-order valence-corrected chi connectivity index (χ2v) is 5.09. The second kappa shape index (κ2) is 13.2. The lowest BCUT2D eigenvalue weighted by atomic mass is 10.4. The van der Waals surface area contributed by atoms with Crippen molar-refractivity contribution in [3.63, 3.8) is 0 Å². The van der Waals surface area contributed by atoms with Gasteiger partial charge in [0.15, 0.2) is 0 Å². The molecule has 0 spiro atoms. The third kappa shape index (κ3) is 13.2. The first-order chi connectivity index (χ1) is 6.41. The minimum atomic E-state index is 0.753. The highest BCUT2D eigenvalue weighted by atomic mass is 35.5. The molecule has 0 aliphatic heterocycles. The molecule has 0 saturated heterocycles. The molecule has 0 atom stereocenters. The molecule has 0 aliphatic carbocycles. The Hall–Kier alpha value is 1.24. The number of unbranched alkanes of at least 4 members (excludes halogenated alkanes) is 2. The molecule has 0 unspecified atom stereocenters. The van der Waals surface area contributed by atoms with Gasteiger partial charge in [0.2, 0.25) is 0 Å². The third-order valence-electron chi connectivity index (χ3n) is 1.32. The molecule has 0 radical (unpaired) electrons. The fourth-order valence-corrected chi connectivity index (χ4v) is 2.45. The van der Waals surface area contributed by atoms with Gasteiger partial charge >= 0.3 is 0 Å². The van der Waals surface area contributed by atoms with Crippen LogP contribution in [0.4, 0.5) is 0 Å². The normalized spacial score (nSPS) is 10.6. The first-order valence-electron chi connectivity index (χ1n) is 4.45. The van der Waals surface area contributed by atoms with Crippen molar-refractivity contribution in [3.05, 3.63) is 0 Å². The van der Waals surface area contributed by atoms with Crippen LogP contribution in [0.15, 0.2) is 0 Å². The van der Waals surface area contributed by atoms with Gasteiger partial charge in [-0.3, -0.25) is 0 Å². The largest absolute Gasteiger partial charge is 0.247 e. The fraction of sp³-hybridized carbons (Fsp3) is 1.00. The Morgan fingerprint density at radius 2 is 1.23 bits per heavy atom. The van der Waals surface area contributed by atoms with E-state index in [4.69, 9.17) is 26.8 Å². The topological polar surface area (TPSA) is 9.23 Å². The molecular formula is C8H16Cl2OS2. The summed E-state index contributed by atoms with van der Waals surface area (Å²) in [5, 5.41) is 0. The van der Waals surface area contributed by atoms with Crippen molar-refractivity contribution in [2.45, 2.75) is 25.7 Å². The van der Waals surface area contributed by atoms with Crippen LogP contribution in [0, 0.1) is 0 Å². The average Bonchev–Trinajstić information content (AvgIpc) is 2.16. The van der Waals surface area contributed by atoms with E-state index in [-0.39, 0.29) is 0 Å². The predicted octanol–water partition coefficient (Wildman–Crippen LogP) is 4.34. The van der Waals surface area contributed by atoms with Crippen LogP contribution in [0.3, 0.4) is 0 Å². The van der Waals surface area contributed by atoms with Gasteiger partial charge in [-0.05, 0) is 25.7 Å². The molecule has 0 fully saturated rings. The lowest BCUT2D eigenvalue weighted by molar-refractivity contribution is 0.740. The van der Waals surface area contributed by atoms with E-state index < -0.39 is 0 Å². The predicted molar refractivity (Wildman–Crippen MR) is 65.9 cm³/mol. The molecule has 0 aromatic carbocycles. The standard InChI is InChI=1S/C8H16Cl2OS2/c9-5-1-3-7-12-11-13-8-4-2-6-10/h1-8H2. The van der Waals surface area contributed by atoms with Crippen LogP contribution in [-0.4, -0.2) is 23.3 Å². The van der Waals surface area contributed by atoms with Gasteiger partial charge < -0.3 is 0 Å². The quantitative estimate of drug-likeness (QED) is 0.330. The van der Waals surface area contributed by atoms with Gasteiger partial charge in [-0.25, -0.2) is 3.63 Å². The minimum Gasteiger partial charge on any atom is -0.247 e. The molecule has 5 heteroatoms. The lowest BCUT2D eigenvalue weighted by Crippen LogP contribution is -1.83. The van der Waals surface area contributed by atoms with Gasteiger partial charge in [-0.1, -0.05) is 0 Å². The molecule has 0 aromatic rings. The number of alkyl halides is 2. The smallest absolute Gasteiger partial charge is 0.0223 e. The average molecular weight is 263 g/mol. The number of rotatable bonds is 10. The van der Waals surface area contributed by atoms with Crippen LogP contribution in [0.1, 0.15) is 25.7 Å². The molecule has 0 bridgehead atoms. The van der Waals surface area contributed by atoms with Crippen LogP contribution in [0.5, 0.6) is 0 Å². The highest BCUT2D eigenvalue weighted by Gasteiger charge is 1.92. The third-order valence-corrected chi connectivity index (χ3v) is 3.53. The van der Waals surface area contributed by atoms with E-state index in [9.17, 15) is 0 Å². The molecule has 0 aliphatic rings. The molecule has 0 saturated carbocycles. The highest BCUT2D eigenvalue weighted by molar-refractivity contribution is 8.07. The van der Waals surface area contributed by atoms with E-state index in [1.807, 2.05) is 0 Å². The molecule has 0 amide bonds. The summed E-state index contributed by atoms with van der Waals surface area (Å²) in [6, 6.07) is 0. The van der Waals surface area contributed by atoms with Crippen molar-refractivity contribution in [2.75, 3.05) is 23.3 Å². The van der Waals surface area contributed by atoms with E-state index in [1.165, 1.54) is 24.1 Å². The Bertz CT molecular complexity index is 86.2. The van der Waals surface area contributed by atoms with Crippen LogP contribution in [0.25, 0.3) is 0 Å². The lowest BCUT2D eigenvalue weighted by Gasteiger charge is -1.99. The van der Waals surface area contributed by atoms with Gasteiger partial charge in [0.1, 0.15) is 0 Å². The zero-order valence-corrected chi connectivity index (χ0v) is 10.8. The first-order valence-corrected chi connectivity index (χ1v) is 7.34. The van der Waals surface area contributed by atoms with E-state index >= 15 is 0 Å². The van der Waals surface area contributed by atoms with Gasteiger partial charge in [-0.2, -0.15) is 0 Å². The summed E-state index contributed by atoms with van der Waals surface area (Å²) in [6.07, 6.45) is 4.43. The molecule has 13 heavy (non-hydrogen) atoms. The Labute approximate surface area is 99.7 Å². The van der Waals surface area contributed by atoms with Crippen LogP contribution in [0.2, 0.25) is 0 Å². The molecule has 80 valence electrons. The molecular weight excluding hydrogens is 247 g/mol. The zero-order valence-electron chi connectivity index (χ0n) is 7.64. The molecule has 0 rings (SSSR count). The summed E-state index contributed by atoms with van der Waals surface area (Å²) in [7, 11) is 0. The van der Waals surface area contributed by atoms with Crippen molar-refractivity contribution < 1.29 is 3.63 Å². The summed E-state index contributed by atoms with van der Waals surface area (Å²) < 4.78 is 5.27. The van der Waals surface area contributed by atoms with Gasteiger partial charge in [0.25, 0.3) is 0 Å².